The van der Waals surface area contributed by atoms with Crippen molar-refractivity contribution in [2.75, 3.05) is 5.32 Å². The van der Waals surface area contributed by atoms with Crippen molar-refractivity contribution < 1.29 is 23.1 Å². The van der Waals surface area contributed by atoms with Gasteiger partial charge in [0.05, 0.1) is 4.90 Å². The zero-order valence-electron chi connectivity index (χ0n) is 18.7. The van der Waals surface area contributed by atoms with Crippen molar-refractivity contribution in [2.24, 2.45) is 5.92 Å². The lowest BCUT2D eigenvalue weighted by atomic mass is 10.1. The third-order valence-electron chi connectivity index (χ3n) is 5.52. The molecule has 1 heterocycles. The summed E-state index contributed by atoms with van der Waals surface area (Å²) in [6, 6.07) is 8.74. The topological polar surface area (TPSA) is 125 Å². The Bertz CT molecular complexity index is 1440. The van der Waals surface area contributed by atoms with E-state index in [0.29, 0.717) is 5.69 Å². The Morgan fingerprint density at radius 2 is 1.74 bits per heavy atom. The summed E-state index contributed by atoms with van der Waals surface area (Å²) in [7, 11) is -4.02. The van der Waals surface area contributed by atoms with E-state index in [4.69, 9.17) is 0 Å². The van der Waals surface area contributed by atoms with E-state index in [1.165, 1.54) is 17.4 Å². The van der Waals surface area contributed by atoms with Gasteiger partial charge < -0.3 is 15.7 Å². The van der Waals surface area contributed by atoms with Crippen molar-refractivity contribution >= 4 is 59.2 Å². The summed E-state index contributed by atoms with van der Waals surface area (Å²) in [5.74, 6) is -1.63. The molecule has 0 radical (unpaired) electrons. The summed E-state index contributed by atoms with van der Waals surface area (Å²) in [5, 5.41) is 16.8. The number of carboxylic acids is 1. The third kappa shape index (κ3) is 5.14. The van der Waals surface area contributed by atoms with E-state index in [9.17, 15) is 23.1 Å². The molecular weight excluding hydrogens is 474 g/mol. The molecule has 1 aliphatic rings. The van der Waals surface area contributed by atoms with Crippen molar-refractivity contribution in [3.05, 3.63) is 60.3 Å². The minimum absolute atomic E-state index is 0.00555. The first-order valence-corrected chi connectivity index (χ1v) is 13.1. The lowest BCUT2D eigenvalue weighted by molar-refractivity contribution is -0.140. The normalized spacial score (nSPS) is 14.9. The summed E-state index contributed by atoms with van der Waals surface area (Å²) in [6.45, 7) is 3.29. The molecular formula is C24H25N3O5S2. The van der Waals surface area contributed by atoms with Gasteiger partial charge in [-0.1, -0.05) is 38.1 Å². The molecule has 0 fully saturated rings. The molecule has 0 saturated heterocycles. The quantitative estimate of drug-likeness (QED) is 0.372. The number of sulfonamides is 1. The van der Waals surface area contributed by atoms with Gasteiger partial charge in [0.2, 0.25) is 10.0 Å². The fraction of sp³-hybridized carbons (Fsp3) is 0.250. The molecule has 3 aromatic rings. The number of fused-ring (bicyclic) bond motifs is 3. The largest absolute Gasteiger partial charge is 0.480 e. The van der Waals surface area contributed by atoms with E-state index in [-0.39, 0.29) is 10.9 Å². The maximum absolute atomic E-state index is 12.8. The fourth-order valence-corrected chi connectivity index (χ4v) is 6.35. The van der Waals surface area contributed by atoms with Gasteiger partial charge in [-0.05, 0) is 49.1 Å². The van der Waals surface area contributed by atoms with Crippen molar-refractivity contribution in [1.82, 2.24) is 10.0 Å². The number of amides is 2. The van der Waals surface area contributed by atoms with Crippen LogP contribution in [-0.4, -0.2) is 31.6 Å². The second-order valence-corrected chi connectivity index (χ2v) is 11.2. The van der Waals surface area contributed by atoms with Gasteiger partial charge in [-0.25, -0.2) is 13.2 Å². The molecule has 1 atom stereocenters. The van der Waals surface area contributed by atoms with Crippen LogP contribution in [0.25, 0.3) is 20.2 Å². The van der Waals surface area contributed by atoms with Gasteiger partial charge in [0.15, 0.2) is 0 Å². The van der Waals surface area contributed by atoms with Crippen LogP contribution in [0, 0.1) is 5.92 Å². The van der Waals surface area contributed by atoms with Gasteiger partial charge >= 0.3 is 12.0 Å². The van der Waals surface area contributed by atoms with E-state index in [1.807, 2.05) is 30.4 Å². The van der Waals surface area contributed by atoms with Gasteiger partial charge in [-0.3, -0.25) is 4.79 Å². The first-order chi connectivity index (χ1) is 16.1. The standard InChI is InChI=1S/C24H25N3O5S2/c1-14(2)22(23(28)29)27-34(31,32)17-9-11-19-18-10-8-16(12-20(18)33-21(19)13-17)26-24(30)25-15-6-4-3-5-7-15/h3-4,6,8-14,22,27H,5,7H2,1-2H3,(H,28,29)(H2,25,26,30)/t22-/m1/s1. The monoisotopic (exact) mass is 499 g/mol. The predicted octanol–water partition coefficient (Wildman–Crippen LogP) is 4.80. The molecule has 4 rings (SSSR count). The highest BCUT2D eigenvalue weighted by Crippen LogP contribution is 2.36. The summed E-state index contributed by atoms with van der Waals surface area (Å²) in [5.41, 5.74) is 1.48. The number of hydrogen-bond donors (Lipinski definition) is 4. The van der Waals surface area contributed by atoms with Crippen molar-refractivity contribution in [3.8, 4) is 0 Å². The summed E-state index contributed by atoms with van der Waals surface area (Å²) in [4.78, 5) is 23.8. The zero-order chi connectivity index (χ0) is 24.5. The molecule has 0 saturated carbocycles. The van der Waals surface area contributed by atoms with Crippen LogP contribution in [-0.2, 0) is 14.8 Å². The molecule has 0 unspecified atom stereocenters. The fourth-order valence-electron chi connectivity index (χ4n) is 3.72. The number of urea groups is 1. The predicted molar refractivity (Wildman–Crippen MR) is 135 cm³/mol. The lowest BCUT2D eigenvalue weighted by Gasteiger charge is -2.18. The average Bonchev–Trinajstić information content (AvgIpc) is 3.14. The first kappa shape index (κ1) is 23.9. The molecule has 1 aromatic heterocycles. The third-order valence-corrected chi connectivity index (χ3v) is 8.07. The number of anilines is 1. The Morgan fingerprint density at radius 3 is 2.38 bits per heavy atom. The maximum atomic E-state index is 12.8. The number of allylic oxidation sites excluding steroid dienone is 4. The highest BCUT2D eigenvalue weighted by Gasteiger charge is 2.28. The molecule has 2 amide bonds. The second kappa shape index (κ2) is 9.57. The van der Waals surface area contributed by atoms with Crippen LogP contribution in [0.2, 0.25) is 0 Å². The lowest BCUT2D eigenvalue weighted by Crippen LogP contribution is -2.44. The van der Waals surface area contributed by atoms with Gasteiger partial charge in [-0.2, -0.15) is 4.72 Å². The van der Waals surface area contributed by atoms with E-state index < -0.39 is 28.0 Å². The minimum Gasteiger partial charge on any atom is -0.480 e. The Hall–Kier alpha value is -3.21. The highest BCUT2D eigenvalue weighted by molar-refractivity contribution is 7.89. The number of carbonyl (C=O) groups excluding carboxylic acids is 1. The molecule has 4 N–H and O–H groups in total. The number of thiophene rings is 1. The molecule has 34 heavy (non-hydrogen) atoms. The summed E-state index contributed by atoms with van der Waals surface area (Å²) < 4.78 is 29.6. The molecule has 10 heteroatoms. The number of carboxylic acid groups (broad SMARTS) is 1. The van der Waals surface area contributed by atoms with Crippen LogP contribution in [0.15, 0.2) is 65.2 Å². The van der Waals surface area contributed by atoms with Gasteiger partial charge in [0, 0.05) is 31.6 Å². The Morgan fingerprint density at radius 1 is 1.03 bits per heavy atom. The molecule has 0 bridgehead atoms. The van der Waals surface area contributed by atoms with Crippen LogP contribution >= 0.6 is 11.3 Å². The van der Waals surface area contributed by atoms with Crippen LogP contribution in [0.5, 0.6) is 0 Å². The van der Waals surface area contributed by atoms with Crippen LogP contribution < -0.4 is 15.4 Å². The number of hydrogen-bond acceptors (Lipinski definition) is 5. The number of carbonyl (C=O) groups is 2. The van der Waals surface area contributed by atoms with Crippen LogP contribution in [0.4, 0.5) is 10.5 Å². The number of benzene rings is 2. The first-order valence-electron chi connectivity index (χ1n) is 10.8. The van der Waals surface area contributed by atoms with Crippen molar-refractivity contribution in [1.29, 1.82) is 0 Å². The Kier molecular flexibility index (Phi) is 6.74. The Labute approximate surface area is 201 Å². The van der Waals surface area contributed by atoms with E-state index >= 15 is 0 Å². The Balaban J connectivity index is 1.58. The van der Waals surface area contributed by atoms with E-state index in [2.05, 4.69) is 15.4 Å². The van der Waals surface area contributed by atoms with Crippen LogP contribution in [0.1, 0.15) is 26.7 Å². The number of aliphatic carboxylic acids is 1. The molecule has 0 aliphatic heterocycles. The van der Waals surface area contributed by atoms with Crippen LogP contribution in [0.3, 0.4) is 0 Å². The zero-order valence-corrected chi connectivity index (χ0v) is 20.3. The molecule has 2 aromatic carbocycles. The molecule has 8 nitrogen and oxygen atoms in total. The van der Waals surface area contributed by atoms with Crippen molar-refractivity contribution in [2.45, 2.75) is 37.6 Å². The van der Waals surface area contributed by atoms with Gasteiger partial charge in [0.1, 0.15) is 6.04 Å². The van der Waals surface area contributed by atoms with Crippen molar-refractivity contribution in [3.63, 3.8) is 0 Å². The summed E-state index contributed by atoms with van der Waals surface area (Å²) >= 11 is 1.40. The molecule has 0 spiro atoms. The molecule has 1 aliphatic carbocycles. The smallest absolute Gasteiger partial charge is 0.323 e. The maximum Gasteiger partial charge on any atom is 0.323 e. The second-order valence-electron chi connectivity index (χ2n) is 8.39. The molecule has 178 valence electrons. The average molecular weight is 500 g/mol. The number of rotatable bonds is 7. The summed E-state index contributed by atoms with van der Waals surface area (Å²) in [6.07, 6.45) is 7.50. The van der Waals surface area contributed by atoms with E-state index in [0.717, 1.165) is 38.7 Å². The van der Waals surface area contributed by atoms with Gasteiger partial charge in [0.25, 0.3) is 0 Å². The SMILES string of the molecule is CC(C)[C@@H](NS(=O)(=O)c1ccc2c(c1)sc1cc(NC(=O)NC3=CC=CCC3)ccc12)C(=O)O. The number of nitrogens with one attached hydrogen (secondary N) is 3. The van der Waals surface area contributed by atoms with E-state index in [1.54, 1.807) is 32.0 Å². The highest BCUT2D eigenvalue weighted by atomic mass is 32.2. The van der Waals surface area contributed by atoms with Gasteiger partial charge in [-0.15, -0.1) is 11.3 Å². The minimum atomic E-state index is -4.02.